The number of thioether (sulfide) groups is 1. The zero-order valence-electron chi connectivity index (χ0n) is 16.3. The van der Waals surface area contributed by atoms with E-state index in [2.05, 4.69) is 10.2 Å². The van der Waals surface area contributed by atoms with E-state index >= 15 is 0 Å². The molecule has 0 saturated carbocycles. The molecular formula is C22H23N3O3S. The van der Waals surface area contributed by atoms with Crippen LogP contribution >= 0.6 is 11.8 Å². The molecule has 1 atom stereocenters. The Kier molecular flexibility index (Phi) is 6.14. The predicted octanol–water partition coefficient (Wildman–Crippen LogP) is 4.59. The molecule has 29 heavy (non-hydrogen) atoms. The maximum absolute atomic E-state index is 13.3. The first-order chi connectivity index (χ1) is 14.3. The molecule has 4 rings (SSSR count). The summed E-state index contributed by atoms with van der Waals surface area (Å²) in [4.78, 5) is 15.2. The first kappa shape index (κ1) is 19.5. The summed E-state index contributed by atoms with van der Waals surface area (Å²) in [5.74, 6) is 1.14. The van der Waals surface area contributed by atoms with Crippen LogP contribution in [-0.4, -0.2) is 41.2 Å². The van der Waals surface area contributed by atoms with Crippen LogP contribution in [-0.2, 0) is 4.79 Å². The van der Waals surface area contributed by atoms with Crippen molar-refractivity contribution in [2.75, 3.05) is 20.2 Å². The van der Waals surface area contributed by atoms with Crippen molar-refractivity contribution in [2.45, 2.75) is 29.7 Å². The van der Waals surface area contributed by atoms with E-state index in [4.69, 9.17) is 9.15 Å². The summed E-state index contributed by atoms with van der Waals surface area (Å²) >= 11 is 1.30. The third kappa shape index (κ3) is 4.45. The van der Waals surface area contributed by atoms with Gasteiger partial charge in [-0.25, -0.2) is 0 Å². The molecule has 150 valence electrons. The number of benzene rings is 2. The third-order valence-electron chi connectivity index (χ3n) is 4.96. The number of aromatic nitrogens is 2. The second-order valence-corrected chi connectivity index (χ2v) is 7.92. The van der Waals surface area contributed by atoms with Crippen molar-refractivity contribution in [1.82, 2.24) is 15.1 Å². The molecule has 1 amide bonds. The summed E-state index contributed by atoms with van der Waals surface area (Å²) in [6.07, 6.45) is 3.28. The van der Waals surface area contributed by atoms with Gasteiger partial charge in [0.2, 0.25) is 5.91 Å². The van der Waals surface area contributed by atoms with E-state index in [1.54, 1.807) is 7.11 Å². The minimum Gasteiger partial charge on any atom is -0.496 e. The number of carbonyl (C=O) groups is 1. The van der Waals surface area contributed by atoms with Crippen molar-refractivity contribution < 1.29 is 13.9 Å². The Hall–Kier alpha value is -2.80. The summed E-state index contributed by atoms with van der Waals surface area (Å²) in [5, 5.41) is 8.30. The average Bonchev–Trinajstić information content (AvgIpc) is 3.26. The zero-order chi connectivity index (χ0) is 20.1. The Bertz CT molecular complexity index is 955. The number of amides is 1. The standard InChI is InChI=1S/C22H23N3O3S/c1-27-18-13-7-6-12-17(18)20-23-24-22(28-20)29-19(16-10-4-2-5-11-16)21(26)25-14-8-3-9-15-25/h2,4-7,10-13,19H,3,8-9,14-15H2,1H3/t19-/m1/s1. The van der Waals surface area contributed by atoms with E-state index in [-0.39, 0.29) is 5.91 Å². The van der Waals surface area contributed by atoms with E-state index in [1.807, 2.05) is 59.5 Å². The van der Waals surface area contributed by atoms with Gasteiger partial charge in [0.05, 0.1) is 12.7 Å². The van der Waals surface area contributed by atoms with Crippen LogP contribution in [0, 0.1) is 0 Å². The maximum atomic E-state index is 13.3. The van der Waals surface area contributed by atoms with Gasteiger partial charge in [-0.1, -0.05) is 42.5 Å². The number of piperidine rings is 1. The molecule has 1 saturated heterocycles. The Morgan fingerprint density at radius 1 is 1.03 bits per heavy atom. The molecule has 6 nitrogen and oxygen atoms in total. The van der Waals surface area contributed by atoms with Gasteiger partial charge in [0.15, 0.2) is 0 Å². The lowest BCUT2D eigenvalue weighted by Gasteiger charge is -2.29. The zero-order valence-corrected chi connectivity index (χ0v) is 17.1. The molecule has 1 aromatic heterocycles. The smallest absolute Gasteiger partial charge is 0.277 e. The van der Waals surface area contributed by atoms with Crippen molar-refractivity contribution in [2.24, 2.45) is 0 Å². The van der Waals surface area contributed by atoms with E-state index in [0.29, 0.717) is 16.9 Å². The van der Waals surface area contributed by atoms with Crippen LogP contribution in [0.2, 0.25) is 0 Å². The lowest BCUT2D eigenvalue weighted by atomic mass is 10.1. The number of hydrogen-bond donors (Lipinski definition) is 0. The quantitative estimate of drug-likeness (QED) is 0.555. The van der Waals surface area contributed by atoms with Crippen LogP contribution < -0.4 is 4.74 Å². The lowest BCUT2D eigenvalue weighted by Crippen LogP contribution is -2.38. The molecule has 1 fully saturated rings. The summed E-state index contributed by atoms with van der Waals surface area (Å²) in [5.41, 5.74) is 1.66. The normalized spacial score (nSPS) is 15.1. The van der Waals surface area contributed by atoms with E-state index in [1.165, 1.54) is 18.2 Å². The van der Waals surface area contributed by atoms with Gasteiger partial charge < -0.3 is 14.1 Å². The molecular weight excluding hydrogens is 386 g/mol. The minimum atomic E-state index is -0.416. The van der Waals surface area contributed by atoms with Crippen LogP contribution in [0.1, 0.15) is 30.1 Å². The van der Waals surface area contributed by atoms with Gasteiger partial charge >= 0.3 is 0 Å². The molecule has 1 aliphatic heterocycles. The van der Waals surface area contributed by atoms with Crippen molar-refractivity contribution in [3.63, 3.8) is 0 Å². The second kappa shape index (κ2) is 9.13. The number of likely N-dealkylation sites (tertiary alicyclic amines) is 1. The monoisotopic (exact) mass is 409 g/mol. The first-order valence-electron chi connectivity index (χ1n) is 9.73. The number of methoxy groups -OCH3 is 1. The fourth-order valence-corrected chi connectivity index (χ4v) is 4.42. The maximum Gasteiger partial charge on any atom is 0.277 e. The number of nitrogens with zero attached hydrogens (tertiary/aromatic N) is 3. The van der Waals surface area contributed by atoms with Crippen molar-refractivity contribution in [3.05, 3.63) is 60.2 Å². The van der Waals surface area contributed by atoms with E-state index < -0.39 is 5.25 Å². The highest BCUT2D eigenvalue weighted by molar-refractivity contribution is 8.00. The highest BCUT2D eigenvalue weighted by Crippen LogP contribution is 2.38. The summed E-state index contributed by atoms with van der Waals surface area (Å²) in [6, 6.07) is 17.3. The highest BCUT2D eigenvalue weighted by atomic mass is 32.2. The van der Waals surface area contributed by atoms with Crippen LogP contribution in [0.25, 0.3) is 11.5 Å². The van der Waals surface area contributed by atoms with Crippen molar-refractivity contribution in [3.8, 4) is 17.2 Å². The molecule has 3 aromatic rings. The lowest BCUT2D eigenvalue weighted by molar-refractivity contribution is -0.131. The Balaban J connectivity index is 1.60. The van der Waals surface area contributed by atoms with Crippen LogP contribution in [0.15, 0.2) is 64.2 Å². The van der Waals surface area contributed by atoms with Gasteiger partial charge in [-0.2, -0.15) is 0 Å². The van der Waals surface area contributed by atoms with Gasteiger partial charge in [0.1, 0.15) is 11.0 Å². The Labute approximate surface area is 174 Å². The summed E-state index contributed by atoms with van der Waals surface area (Å²) in [7, 11) is 1.60. The molecule has 7 heteroatoms. The fourth-order valence-electron chi connectivity index (χ4n) is 3.46. The molecule has 0 spiro atoms. The average molecular weight is 410 g/mol. The Morgan fingerprint density at radius 2 is 1.76 bits per heavy atom. The molecule has 2 aromatic carbocycles. The SMILES string of the molecule is COc1ccccc1-c1nnc(S[C@@H](C(=O)N2CCCCC2)c2ccccc2)o1. The fraction of sp³-hybridized carbons (Fsp3) is 0.318. The van der Waals surface area contributed by atoms with Crippen LogP contribution in [0.3, 0.4) is 0 Å². The molecule has 0 radical (unpaired) electrons. The Morgan fingerprint density at radius 3 is 2.52 bits per heavy atom. The van der Waals surface area contributed by atoms with Gasteiger partial charge in [-0.15, -0.1) is 10.2 Å². The molecule has 1 aliphatic rings. The van der Waals surface area contributed by atoms with Gasteiger partial charge in [0.25, 0.3) is 11.1 Å². The summed E-state index contributed by atoms with van der Waals surface area (Å²) < 4.78 is 11.3. The van der Waals surface area contributed by atoms with Gasteiger partial charge in [-0.3, -0.25) is 4.79 Å². The number of ether oxygens (including phenoxy) is 1. The van der Waals surface area contributed by atoms with E-state index in [9.17, 15) is 4.79 Å². The van der Waals surface area contributed by atoms with Crippen molar-refractivity contribution >= 4 is 17.7 Å². The highest BCUT2D eigenvalue weighted by Gasteiger charge is 2.30. The van der Waals surface area contributed by atoms with Gasteiger partial charge in [-0.05, 0) is 48.7 Å². The molecule has 0 N–H and O–H groups in total. The molecule has 2 heterocycles. The number of para-hydroxylation sites is 1. The number of hydrogen-bond acceptors (Lipinski definition) is 6. The number of carbonyl (C=O) groups excluding carboxylic acids is 1. The van der Waals surface area contributed by atoms with E-state index in [0.717, 1.165) is 37.1 Å². The molecule has 0 aliphatic carbocycles. The second-order valence-electron chi connectivity index (χ2n) is 6.87. The largest absolute Gasteiger partial charge is 0.496 e. The van der Waals surface area contributed by atoms with Crippen molar-refractivity contribution in [1.29, 1.82) is 0 Å². The van der Waals surface area contributed by atoms with Crippen LogP contribution in [0.4, 0.5) is 0 Å². The minimum absolute atomic E-state index is 0.0953. The third-order valence-corrected chi connectivity index (χ3v) is 6.03. The van der Waals surface area contributed by atoms with Gasteiger partial charge in [0, 0.05) is 13.1 Å². The predicted molar refractivity (Wildman–Crippen MR) is 112 cm³/mol. The summed E-state index contributed by atoms with van der Waals surface area (Å²) in [6.45, 7) is 1.61. The topological polar surface area (TPSA) is 68.5 Å². The number of rotatable bonds is 6. The first-order valence-corrected chi connectivity index (χ1v) is 10.6. The van der Waals surface area contributed by atoms with Crippen LogP contribution in [0.5, 0.6) is 5.75 Å². The molecule has 0 unspecified atom stereocenters. The molecule has 0 bridgehead atoms.